The predicted octanol–water partition coefficient (Wildman–Crippen LogP) is 4.13. The third kappa shape index (κ3) is 6.65. The first kappa shape index (κ1) is 24.6. The number of benzene rings is 2. The van der Waals surface area contributed by atoms with Crippen LogP contribution in [0.5, 0.6) is 0 Å². The van der Waals surface area contributed by atoms with Crippen molar-refractivity contribution >= 4 is 33.4 Å². The topological polar surface area (TPSA) is 119 Å². The van der Waals surface area contributed by atoms with E-state index in [-0.39, 0.29) is 6.54 Å². The van der Waals surface area contributed by atoms with Gasteiger partial charge < -0.3 is 10.1 Å². The number of amides is 1. The van der Waals surface area contributed by atoms with E-state index in [2.05, 4.69) is 5.32 Å². The Bertz CT molecular complexity index is 1070. The van der Waals surface area contributed by atoms with Gasteiger partial charge in [0.2, 0.25) is 10.0 Å². The fourth-order valence-corrected chi connectivity index (χ4v) is 4.29. The molecule has 0 aliphatic rings. The number of alkyl carbamates (subject to hydrolysis) is 1. The highest BCUT2D eigenvalue weighted by atomic mass is 35.5. The second kappa shape index (κ2) is 9.63. The summed E-state index contributed by atoms with van der Waals surface area (Å²) >= 11 is 6.06. The second-order valence-corrected chi connectivity index (χ2v) is 10.2. The van der Waals surface area contributed by atoms with E-state index in [4.69, 9.17) is 16.3 Å². The molecule has 1 N–H and O–H groups in total. The molecule has 11 heteroatoms. The first-order valence-corrected chi connectivity index (χ1v) is 11.1. The average Bonchev–Trinajstić information content (AvgIpc) is 2.65. The zero-order valence-corrected chi connectivity index (χ0v) is 19.1. The molecule has 0 radical (unpaired) electrons. The van der Waals surface area contributed by atoms with Crippen molar-refractivity contribution in [3.05, 3.63) is 69.2 Å². The van der Waals surface area contributed by atoms with Crippen molar-refractivity contribution in [3.63, 3.8) is 0 Å². The van der Waals surface area contributed by atoms with Crippen LogP contribution < -0.4 is 5.32 Å². The lowest BCUT2D eigenvalue weighted by atomic mass is 10.1. The van der Waals surface area contributed by atoms with Gasteiger partial charge in [0.1, 0.15) is 5.60 Å². The van der Waals surface area contributed by atoms with E-state index in [0.717, 1.165) is 10.4 Å². The van der Waals surface area contributed by atoms with E-state index < -0.39 is 43.3 Å². The summed E-state index contributed by atoms with van der Waals surface area (Å²) in [5.41, 5.74) is -0.747. The number of sulfonamides is 1. The van der Waals surface area contributed by atoms with Gasteiger partial charge in [0.15, 0.2) is 4.90 Å². The minimum absolute atomic E-state index is 0.214. The Kier molecular flexibility index (Phi) is 7.63. The molecular weight excluding hydrogens is 446 g/mol. The number of halogens is 1. The number of likely N-dealkylation sites (N-methyl/N-ethyl adjacent to an activating group) is 1. The van der Waals surface area contributed by atoms with Crippen LogP contribution in [0.15, 0.2) is 53.4 Å². The van der Waals surface area contributed by atoms with Gasteiger partial charge in [-0.2, -0.15) is 4.31 Å². The highest BCUT2D eigenvalue weighted by molar-refractivity contribution is 7.89. The Balaban J connectivity index is 2.37. The Labute approximate surface area is 186 Å². The molecule has 0 aromatic heterocycles. The first-order valence-electron chi connectivity index (χ1n) is 9.26. The smallest absolute Gasteiger partial charge is 0.408 e. The van der Waals surface area contributed by atoms with Crippen LogP contribution in [-0.4, -0.2) is 42.9 Å². The lowest BCUT2D eigenvalue weighted by Crippen LogP contribution is -2.41. The van der Waals surface area contributed by atoms with Crippen molar-refractivity contribution in [3.8, 4) is 0 Å². The van der Waals surface area contributed by atoms with E-state index >= 15 is 0 Å². The monoisotopic (exact) mass is 469 g/mol. The van der Waals surface area contributed by atoms with Crippen molar-refractivity contribution < 1.29 is 22.9 Å². The van der Waals surface area contributed by atoms with Crippen molar-refractivity contribution in [2.75, 3.05) is 13.6 Å². The van der Waals surface area contributed by atoms with E-state index in [9.17, 15) is 23.3 Å². The minimum Gasteiger partial charge on any atom is -0.444 e. The summed E-state index contributed by atoms with van der Waals surface area (Å²) in [5, 5.41) is 14.3. The summed E-state index contributed by atoms with van der Waals surface area (Å²) in [4.78, 5) is 22.4. The molecule has 2 aromatic carbocycles. The molecule has 2 aromatic rings. The van der Waals surface area contributed by atoms with E-state index in [1.807, 2.05) is 0 Å². The molecule has 168 valence electrons. The number of nitro groups is 1. The van der Waals surface area contributed by atoms with Crippen molar-refractivity contribution in [1.82, 2.24) is 9.62 Å². The number of rotatable bonds is 7. The Morgan fingerprint density at radius 2 is 1.87 bits per heavy atom. The summed E-state index contributed by atoms with van der Waals surface area (Å²) in [5.74, 6) is 0. The van der Waals surface area contributed by atoms with Gasteiger partial charge in [0, 0.05) is 24.7 Å². The van der Waals surface area contributed by atoms with Crippen LogP contribution in [0, 0.1) is 10.1 Å². The maximum absolute atomic E-state index is 13.1. The number of carbonyl (C=O) groups is 1. The quantitative estimate of drug-likeness (QED) is 0.481. The molecule has 1 atom stereocenters. The summed E-state index contributed by atoms with van der Waals surface area (Å²) in [6, 6.07) is 10.8. The van der Waals surface area contributed by atoms with Crippen molar-refractivity contribution in [2.45, 2.75) is 37.3 Å². The molecule has 2 rings (SSSR count). The van der Waals surface area contributed by atoms with Crippen LogP contribution in [0.2, 0.25) is 5.02 Å². The third-order valence-electron chi connectivity index (χ3n) is 4.13. The maximum Gasteiger partial charge on any atom is 0.408 e. The van der Waals surface area contributed by atoms with Gasteiger partial charge in [-0.15, -0.1) is 0 Å². The fraction of sp³-hybridized carbons (Fsp3) is 0.350. The molecule has 9 nitrogen and oxygen atoms in total. The molecule has 1 unspecified atom stereocenters. The minimum atomic E-state index is -4.23. The highest BCUT2D eigenvalue weighted by Crippen LogP contribution is 2.27. The van der Waals surface area contributed by atoms with Gasteiger partial charge >= 0.3 is 6.09 Å². The predicted molar refractivity (Wildman–Crippen MR) is 116 cm³/mol. The van der Waals surface area contributed by atoms with Crippen LogP contribution in [0.1, 0.15) is 32.4 Å². The van der Waals surface area contributed by atoms with Crippen LogP contribution in [0.25, 0.3) is 0 Å². The molecule has 0 fully saturated rings. The SMILES string of the molecule is CN(CC(NC(=O)OC(C)(C)C)c1cccc(Cl)c1)S(=O)(=O)c1ccccc1[N+](=O)[O-]. The van der Waals surface area contributed by atoms with Gasteiger partial charge in [-0.3, -0.25) is 10.1 Å². The number of carbonyl (C=O) groups excluding carboxylic acids is 1. The van der Waals surface area contributed by atoms with Crippen molar-refractivity contribution in [2.24, 2.45) is 0 Å². The van der Waals surface area contributed by atoms with E-state index in [1.165, 1.54) is 25.2 Å². The molecule has 1 amide bonds. The second-order valence-electron chi connectivity index (χ2n) is 7.76. The van der Waals surface area contributed by atoms with Gasteiger partial charge in [0.25, 0.3) is 5.69 Å². The maximum atomic E-state index is 13.1. The van der Waals surface area contributed by atoms with E-state index in [0.29, 0.717) is 10.6 Å². The number of hydrogen-bond donors (Lipinski definition) is 1. The van der Waals surface area contributed by atoms with Gasteiger partial charge in [-0.05, 0) is 44.5 Å². The first-order chi connectivity index (χ1) is 14.3. The summed E-state index contributed by atoms with van der Waals surface area (Å²) in [6.45, 7) is 4.89. The van der Waals surface area contributed by atoms with Gasteiger partial charge in [-0.1, -0.05) is 35.9 Å². The van der Waals surface area contributed by atoms with Crippen LogP contribution in [0.3, 0.4) is 0 Å². The molecule has 0 saturated heterocycles. The Hall–Kier alpha value is -2.69. The van der Waals surface area contributed by atoms with Crippen molar-refractivity contribution in [1.29, 1.82) is 0 Å². The average molecular weight is 470 g/mol. The molecule has 31 heavy (non-hydrogen) atoms. The third-order valence-corrected chi connectivity index (χ3v) is 6.24. The van der Waals surface area contributed by atoms with Crippen LogP contribution >= 0.6 is 11.6 Å². The summed E-state index contributed by atoms with van der Waals surface area (Å²) < 4.78 is 32.3. The molecular formula is C20H24ClN3O6S. The molecule has 0 bridgehead atoms. The number of nitro benzene ring substituents is 1. The lowest BCUT2D eigenvalue weighted by molar-refractivity contribution is -0.387. The van der Waals surface area contributed by atoms with Gasteiger partial charge in [-0.25, -0.2) is 13.2 Å². The normalized spacial score (nSPS) is 13.0. The summed E-state index contributed by atoms with van der Waals surface area (Å²) in [7, 11) is -2.95. The molecule has 0 heterocycles. The molecule has 0 aliphatic heterocycles. The number of nitrogens with one attached hydrogen (secondary N) is 1. The Morgan fingerprint density at radius 3 is 2.45 bits per heavy atom. The van der Waals surface area contributed by atoms with Crippen LogP contribution in [0.4, 0.5) is 10.5 Å². The number of hydrogen-bond acceptors (Lipinski definition) is 6. The zero-order chi connectivity index (χ0) is 23.4. The van der Waals surface area contributed by atoms with Crippen LogP contribution in [-0.2, 0) is 14.8 Å². The lowest BCUT2D eigenvalue weighted by Gasteiger charge is -2.27. The fourth-order valence-electron chi connectivity index (χ4n) is 2.76. The molecule has 0 saturated carbocycles. The number of nitrogens with zero attached hydrogens (tertiary/aromatic N) is 2. The number of para-hydroxylation sites is 1. The zero-order valence-electron chi connectivity index (χ0n) is 17.5. The summed E-state index contributed by atoms with van der Waals surface area (Å²) in [6.07, 6.45) is -0.742. The van der Waals surface area contributed by atoms with E-state index in [1.54, 1.807) is 45.0 Å². The number of ether oxygens (including phenoxy) is 1. The van der Waals surface area contributed by atoms with Gasteiger partial charge in [0.05, 0.1) is 11.0 Å². The molecule has 0 aliphatic carbocycles. The molecule has 0 spiro atoms. The highest BCUT2D eigenvalue weighted by Gasteiger charge is 2.32. The standard InChI is InChI=1S/C20H24ClN3O6S/c1-20(2,3)30-19(25)22-16(14-8-7-9-15(21)12-14)13-23(4)31(28,29)18-11-6-5-10-17(18)24(26)27/h5-12,16H,13H2,1-4H3,(H,22,25). The Morgan fingerprint density at radius 1 is 1.23 bits per heavy atom. The largest absolute Gasteiger partial charge is 0.444 e.